The van der Waals surface area contributed by atoms with Gasteiger partial charge in [0.15, 0.2) is 0 Å². The number of H-pyrrole nitrogens is 1. The Kier molecular flexibility index (Phi) is 10.6. The fourth-order valence-corrected chi connectivity index (χ4v) is 4.52. The van der Waals surface area contributed by atoms with E-state index in [1.165, 1.54) is 0 Å². The summed E-state index contributed by atoms with van der Waals surface area (Å²) >= 11 is 0. The van der Waals surface area contributed by atoms with Gasteiger partial charge in [0, 0.05) is 36.4 Å². The zero-order valence-electron chi connectivity index (χ0n) is 21.6. The van der Waals surface area contributed by atoms with E-state index in [0.29, 0.717) is 13.0 Å². The van der Waals surface area contributed by atoms with Crippen molar-refractivity contribution in [1.29, 1.82) is 0 Å². The van der Waals surface area contributed by atoms with Gasteiger partial charge in [-0.3, -0.25) is 24.0 Å². The predicted octanol–water partition coefficient (Wildman–Crippen LogP) is -0.269. The van der Waals surface area contributed by atoms with Crippen LogP contribution in [0, 0.1) is 0 Å². The molecule has 2 aromatic rings. The highest BCUT2D eigenvalue weighted by molar-refractivity contribution is 5.95. The number of aromatic amines is 1. The van der Waals surface area contributed by atoms with Gasteiger partial charge in [-0.15, -0.1) is 0 Å². The van der Waals surface area contributed by atoms with Crippen LogP contribution in [0.3, 0.4) is 0 Å². The average Bonchev–Trinajstić information content (AvgIpc) is 3.58. The highest BCUT2D eigenvalue weighted by atomic mass is 16.4. The third-order valence-corrected chi connectivity index (χ3v) is 6.65. The highest BCUT2D eigenvalue weighted by Gasteiger charge is 2.32. The molecule has 0 aliphatic carbocycles. The van der Waals surface area contributed by atoms with Crippen molar-refractivity contribution in [3.8, 4) is 0 Å². The minimum atomic E-state index is -1.57. The van der Waals surface area contributed by atoms with Crippen LogP contribution in [-0.2, 0) is 35.2 Å². The Hall–Kier alpha value is -4.46. The van der Waals surface area contributed by atoms with Gasteiger partial charge < -0.3 is 41.6 Å². The normalized spacial score (nSPS) is 16.9. The van der Waals surface area contributed by atoms with E-state index in [1.54, 1.807) is 6.20 Å². The van der Waals surface area contributed by atoms with Crippen LogP contribution < -0.4 is 21.3 Å². The molecule has 14 heteroatoms. The maximum atomic E-state index is 13.5. The predicted molar refractivity (Wildman–Crippen MR) is 140 cm³/mol. The number of rotatable bonds is 15. The molecule has 0 spiro atoms. The van der Waals surface area contributed by atoms with Crippen LogP contribution in [0.4, 0.5) is 0 Å². The standard InChI is InChI=1S/C26H33N5O9/c32-21(33)9-7-18(24(37)30-19(26(39)40)8-10-22(34)35)29-25(38)20(31-23(36)17-6-3-11-27-17)12-14-13-28-16-5-2-1-4-15(14)16/h1-2,4-5,13,17-20,27-28H,3,6-12H2,(H,29,38)(H,30,37)(H,31,36)(H,32,33)(H,34,35)(H,39,40). The van der Waals surface area contributed by atoms with Gasteiger partial charge in [0.25, 0.3) is 0 Å². The lowest BCUT2D eigenvalue weighted by Gasteiger charge is -2.25. The van der Waals surface area contributed by atoms with Gasteiger partial charge in [-0.05, 0) is 43.9 Å². The third kappa shape index (κ3) is 8.53. The molecule has 8 N–H and O–H groups in total. The fraction of sp³-hybridized carbons (Fsp3) is 0.462. The summed E-state index contributed by atoms with van der Waals surface area (Å²) in [5.74, 6) is -6.14. The summed E-state index contributed by atoms with van der Waals surface area (Å²) in [5, 5.41) is 38.7. The quantitative estimate of drug-likeness (QED) is 0.142. The lowest BCUT2D eigenvalue weighted by molar-refractivity contribution is -0.144. The Bertz CT molecular complexity index is 1250. The van der Waals surface area contributed by atoms with E-state index in [1.807, 2.05) is 24.3 Å². The minimum absolute atomic E-state index is 0.0535. The van der Waals surface area contributed by atoms with Crippen molar-refractivity contribution in [3.05, 3.63) is 36.0 Å². The molecule has 1 fully saturated rings. The first-order valence-electron chi connectivity index (χ1n) is 12.9. The zero-order valence-corrected chi connectivity index (χ0v) is 21.6. The number of carboxylic acids is 3. The van der Waals surface area contributed by atoms with Crippen molar-refractivity contribution in [3.63, 3.8) is 0 Å². The molecule has 1 aromatic carbocycles. The monoisotopic (exact) mass is 559 g/mol. The van der Waals surface area contributed by atoms with E-state index in [-0.39, 0.29) is 12.8 Å². The second kappa shape index (κ2) is 14.1. The van der Waals surface area contributed by atoms with Gasteiger partial charge in [-0.25, -0.2) is 4.79 Å². The SMILES string of the molecule is O=C(O)CCC(NC(=O)C(CCC(=O)O)NC(=O)C(Cc1c[nH]c2ccccc12)NC(=O)C1CCCN1)C(=O)O. The van der Waals surface area contributed by atoms with Crippen molar-refractivity contribution in [2.24, 2.45) is 0 Å². The first-order chi connectivity index (χ1) is 19.0. The molecule has 40 heavy (non-hydrogen) atoms. The minimum Gasteiger partial charge on any atom is -0.481 e. The number of para-hydroxylation sites is 1. The summed E-state index contributed by atoms with van der Waals surface area (Å²) < 4.78 is 0. The van der Waals surface area contributed by atoms with Gasteiger partial charge >= 0.3 is 17.9 Å². The number of aromatic nitrogens is 1. The summed E-state index contributed by atoms with van der Waals surface area (Å²) in [4.78, 5) is 76.1. The molecule has 4 unspecified atom stereocenters. The summed E-state index contributed by atoms with van der Waals surface area (Å²) in [6.07, 6.45) is 1.32. The smallest absolute Gasteiger partial charge is 0.326 e. The van der Waals surface area contributed by atoms with Gasteiger partial charge in [0.2, 0.25) is 17.7 Å². The first kappa shape index (κ1) is 30.1. The Morgan fingerprint density at radius 3 is 2.10 bits per heavy atom. The van der Waals surface area contributed by atoms with E-state index >= 15 is 0 Å². The molecule has 0 saturated carbocycles. The lowest BCUT2D eigenvalue weighted by Crippen LogP contribution is -2.57. The van der Waals surface area contributed by atoms with E-state index in [2.05, 4.69) is 26.3 Å². The fourth-order valence-electron chi connectivity index (χ4n) is 4.52. The van der Waals surface area contributed by atoms with Gasteiger partial charge in [0.05, 0.1) is 6.04 Å². The first-order valence-corrected chi connectivity index (χ1v) is 12.9. The Morgan fingerprint density at radius 2 is 1.48 bits per heavy atom. The van der Waals surface area contributed by atoms with E-state index in [9.17, 15) is 33.9 Å². The van der Waals surface area contributed by atoms with Crippen LogP contribution >= 0.6 is 0 Å². The number of nitrogens with one attached hydrogen (secondary N) is 5. The molecule has 3 rings (SSSR count). The molecule has 1 aliphatic rings. The van der Waals surface area contributed by atoms with Crippen molar-refractivity contribution in [1.82, 2.24) is 26.3 Å². The van der Waals surface area contributed by atoms with E-state index < -0.39 is 79.1 Å². The zero-order chi connectivity index (χ0) is 29.2. The molecule has 1 aliphatic heterocycles. The van der Waals surface area contributed by atoms with Crippen LogP contribution in [0.15, 0.2) is 30.5 Å². The number of hydrogen-bond acceptors (Lipinski definition) is 7. The molecule has 4 atom stereocenters. The topological polar surface area (TPSA) is 227 Å². The van der Waals surface area contributed by atoms with Crippen LogP contribution in [-0.4, -0.2) is 86.6 Å². The summed E-state index contributed by atoms with van der Waals surface area (Å²) in [6, 6.07) is 2.71. The average molecular weight is 560 g/mol. The molecule has 1 saturated heterocycles. The van der Waals surface area contributed by atoms with Crippen molar-refractivity contribution >= 4 is 46.5 Å². The van der Waals surface area contributed by atoms with Crippen molar-refractivity contribution in [2.45, 2.75) is 69.1 Å². The second-order valence-corrected chi connectivity index (χ2v) is 9.60. The number of aliphatic carboxylic acids is 3. The van der Waals surface area contributed by atoms with Gasteiger partial charge in [-0.2, -0.15) is 0 Å². The number of carboxylic acid groups (broad SMARTS) is 3. The third-order valence-electron chi connectivity index (χ3n) is 6.65. The van der Waals surface area contributed by atoms with Gasteiger partial charge in [-0.1, -0.05) is 18.2 Å². The Morgan fingerprint density at radius 1 is 0.850 bits per heavy atom. The summed E-state index contributed by atoms with van der Waals surface area (Å²) in [7, 11) is 0. The second-order valence-electron chi connectivity index (χ2n) is 9.60. The summed E-state index contributed by atoms with van der Waals surface area (Å²) in [5.41, 5.74) is 1.54. The Labute approximate surface area is 228 Å². The lowest BCUT2D eigenvalue weighted by atomic mass is 10.0. The van der Waals surface area contributed by atoms with Crippen LogP contribution in [0.5, 0.6) is 0 Å². The number of fused-ring (bicyclic) bond motifs is 1. The molecular weight excluding hydrogens is 526 g/mol. The van der Waals surface area contributed by atoms with Crippen LogP contribution in [0.2, 0.25) is 0 Å². The number of hydrogen-bond donors (Lipinski definition) is 8. The molecule has 1 aromatic heterocycles. The number of carbonyl (C=O) groups is 6. The van der Waals surface area contributed by atoms with Gasteiger partial charge in [0.1, 0.15) is 18.1 Å². The van der Waals surface area contributed by atoms with Crippen molar-refractivity contribution in [2.75, 3.05) is 6.54 Å². The number of benzene rings is 1. The molecule has 216 valence electrons. The molecule has 2 heterocycles. The van der Waals surface area contributed by atoms with Crippen molar-refractivity contribution < 1.29 is 44.1 Å². The Balaban J connectivity index is 1.81. The molecule has 0 radical (unpaired) electrons. The molecule has 0 bridgehead atoms. The maximum absolute atomic E-state index is 13.5. The maximum Gasteiger partial charge on any atom is 0.326 e. The summed E-state index contributed by atoms with van der Waals surface area (Å²) in [6.45, 7) is 0.654. The number of carbonyl (C=O) groups excluding carboxylic acids is 3. The van der Waals surface area contributed by atoms with Crippen LogP contribution in [0.1, 0.15) is 44.1 Å². The molecule has 3 amide bonds. The van der Waals surface area contributed by atoms with Crippen LogP contribution in [0.25, 0.3) is 10.9 Å². The van der Waals surface area contributed by atoms with E-state index in [4.69, 9.17) is 10.2 Å². The van der Waals surface area contributed by atoms with E-state index in [0.717, 1.165) is 22.9 Å². The number of amides is 3. The molecule has 14 nitrogen and oxygen atoms in total. The largest absolute Gasteiger partial charge is 0.481 e. The highest BCUT2D eigenvalue weighted by Crippen LogP contribution is 2.19. The molecular formula is C26H33N5O9.